The van der Waals surface area contributed by atoms with Gasteiger partial charge in [0.15, 0.2) is 0 Å². The molecule has 0 aliphatic carbocycles. The molecule has 0 bridgehead atoms. The summed E-state index contributed by atoms with van der Waals surface area (Å²) >= 11 is 0. The van der Waals surface area contributed by atoms with Crippen LogP contribution < -0.4 is 16.4 Å². The van der Waals surface area contributed by atoms with E-state index in [9.17, 15) is 19.2 Å². The number of esters is 1. The topological polar surface area (TPSA) is 168 Å². The van der Waals surface area contributed by atoms with Crippen LogP contribution in [0.3, 0.4) is 0 Å². The van der Waals surface area contributed by atoms with Crippen LogP contribution in [0.15, 0.2) is 71.7 Å². The molecule has 3 amide bonds. The number of benzene rings is 3. The van der Waals surface area contributed by atoms with E-state index in [1.54, 1.807) is 48.5 Å². The van der Waals surface area contributed by atoms with Gasteiger partial charge in [0.1, 0.15) is 12.4 Å². The smallest absolute Gasteiger partial charge is 0.428 e. The standard InChI is InChI=1S/C31H34N4O8/c1-19(36)41-18-42-30(39)35-27(32)22-7-6-8-23(16-22)29(38)33-25-14-9-20(17-43-40-5)15-26(25)34-28(37)21-10-12-24(13-11-21)31(2,3)4/h6-16H,17-18H2,1-5H3,(H,33,38)(H,34,37)(H2,32,35,39). The minimum atomic E-state index is -1.07. The first-order chi connectivity index (χ1) is 20.4. The molecule has 3 aromatic carbocycles. The van der Waals surface area contributed by atoms with Crippen LogP contribution in [0.2, 0.25) is 0 Å². The van der Waals surface area contributed by atoms with Crippen LogP contribution >= 0.6 is 0 Å². The molecule has 226 valence electrons. The molecule has 0 spiro atoms. The van der Waals surface area contributed by atoms with Crippen molar-refractivity contribution in [1.29, 1.82) is 0 Å². The third kappa shape index (κ3) is 9.76. The Labute approximate surface area is 249 Å². The fourth-order valence-electron chi connectivity index (χ4n) is 3.71. The number of hydrogen-bond donors (Lipinski definition) is 3. The maximum atomic E-state index is 13.2. The average Bonchev–Trinajstić information content (AvgIpc) is 2.96. The Balaban J connectivity index is 1.81. The van der Waals surface area contributed by atoms with Crippen LogP contribution in [0, 0.1) is 0 Å². The Morgan fingerprint density at radius 3 is 2.12 bits per heavy atom. The second-order valence-corrected chi connectivity index (χ2v) is 10.3. The minimum Gasteiger partial charge on any atom is -0.428 e. The highest BCUT2D eigenvalue weighted by Gasteiger charge is 2.17. The van der Waals surface area contributed by atoms with Gasteiger partial charge in [-0.3, -0.25) is 14.4 Å². The zero-order valence-corrected chi connectivity index (χ0v) is 24.6. The van der Waals surface area contributed by atoms with Crippen molar-refractivity contribution in [1.82, 2.24) is 0 Å². The molecule has 4 N–H and O–H groups in total. The predicted octanol–water partition coefficient (Wildman–Crippen LogP) is 4.93. The van der Waals surface area contributed by atoms with Gasteiger partial charge in [-0.2, -0.15) is 4.99 Å². The summed E-state index contributed by atoms with van der Waals surface area (Å²) in [6.07, 6.45) is -1.07. The van der Waals surface area contributed by atoms with E-state index in [-0.39, 0.29) is 34.9 Å². The number of nitrogens with zero attached hydrogens (tertiary/aromatic N) is 1. The van der Waals surface area contributed by atoms with Gasteiger partial charge >= 0.3 is 12.1 Å². The van der Waals surface area contributed by atoms with Gasteiger partial charge in [0.25, 0.3) is 11.8 Å². The highest BCUT2D eigenvalue weighted by molar-refractivity contribution is 6.11. The van der Waals surface area contributed by atoms with E-state index in [0.29, 0.717) is 22.5 Å². The van der Waals surface area contributed by atoms with Crippen molar-refractivity contribution >= 4 is 41.1 Å². The molecule has 0 fully saturated rings. The molecule has 0 atom stereocenters. The number of carbonyl (C=O) groups excluding carboxylic acids is 4. The molecule has 0 aliphatic heterocycles. The van der Waals surface area contributed by atoms with E-state index in [0.717, 1.165) is 12.5 Å². The number of anilines is 2. The largest absolute Gasteiger partial charge is 0.438 e. The third-order valence-electron chi connectivity index (χ3n) is 6.01. The summed E-state index contributed by atoms with van der Waals surface area (Å²) in [4.78, 5) is 62.3. The Morgan fingerprint density at radius 1 is 0.814 bits per heavy atom. The molecular weight excluding hydrogens is 556 g/mol. The van der Waals surface area contributed by atoms with E-state index in [2.05, 4.69) is 50.8 Å². The molecule has 0 saturated carbocycles. The first-order valence-corrected chi connectivity index (χ1v) is 13.1. The molecular formula is C31H34N4O8. The highest BCUT2D eigenvalue weighted by atomic mass is 17.2. The molecule has 0 aromatic heterocycles. The molecule has 3 rings (SSSR count). The quantitative estimate of drug-likeness (QED) is 0.0740. The van der Waals surface area contributed by atoms with Crippen LogP contribution in [-0.2, 0) is 36.1 Å². The number of hydrogen-bond acceptors (Lipinski definition) is 8. The predicted molar refractivity (Wildman–Crippen MR) is 160 cm³/mol. The van der Waals surface area contributed by atoms with Crippen molar-refractivity contribution in [2.75, 3.05) is 24.5 Å². The van der Waals surface area contributed by atoms with Crippen molar-refractivity contribution in [3.8, 4) is 0 Å². The lowest BCUT2D eigenvalue weighted by molar-refractivity contribution is -0.282. The summed E-state index contributed by atoms with van der Waals surface area (Å²) in [6, 6.07) is 18.4. The summed E-state index contributed by atoms with van der Waals surface area (Å²) in [5, 5.41) is 5.66. The summed E-state index contributed by atoms with van der Waals surface area (Å²) < 4.78 is 9.18. The van der Waals surface area contributed by atoms with Crippen molar-refractivity contribution < 1.29 is 38.4 Å². The van der Waals surface area contributed by atoms with Crippen molar-refractivity contribution in [3.05, 3.63) is 94.5 Å². The highest BCUT2D eigenvalue weighted by Crippen LogP contribution is 2.27. The Kier molecular flexibility index (Phi) is 11.1. The second-order valence-electron chi connectivity index (χ2n) is 10.3. The number of carbonyl (C=O) groups is 4. The Morgan fingerprint density at radius 2 is 1.47 bits per heavy atom. The first kappa shape index (κ1) is 32.4. The van der Waals surface area contributed by atoms with E-state index in [1.165, 1.54) is 13.2 Å². The number of aliphatic imine (C=N–C) groups is 1. The number of amidine groups is 1. The van der Waals surface area contributed by atoms with Gasteiger partial charge in [-0.1, -0.05) is 51.1 Å². The zero-order valence-electron chi connectivity index (χ0n) is 24.6. The number of nitrogens with two attached hydrogens (primary N) is 1. The minimum absolute atomic E-state index is 0.0650. The lowest BCUT2D eigenvalue weighted by atomic mass is 9.87. The number of rotatable bonds is 10. The Bertz CT molecular complexity index is 1510. The molecule has 12 heteroatoms. The second kappa shape index (κ2) is 14.7. The van der Waals surface area contributed by atoms with E-state index < -0.39 is 24.8 Å². The fourth-order valence-corrected chi connectivity index (χ4v) is 3.71. The van der Waals surface area contributed by atoms with Crippen molar-refractivity contribution in [2.45, 2.75) is 39.7 Å². The van der Waals surface area contributed by atoms with E-state index in [4.69, 9.17) is 10.6 Å². The van der Waals surface area contributed by atoms with Gasteiger partial charge in [0, 0.05) is 23.6 Å². The van der Waals surface area contributed by atoms with Gasteiger partial charge < -0.3 is 25.8 Å². The number of amides is 3. The molecule has 43 heavy (non-hydrogen) atoms. The maximum absolute atomic E-state index is 13.2. The lowest BCUT2D eigenvalue weighted by Crippen LogP contribution is -2.19. The normalized spacial score (nSPS) is 11.4. The molecule has 3 aromatic rings. The summed E-state index contributed by atoms with van der Waals surface area (Å²) in [6.45, 7) is 6.92. The summed E-state index contributed by atoms with van der Waals surface area (Å²) in [5.74, 6) is -1.72. The van der Waals surface area contributed by atoms with Crippen LogP contribution in [-0.4, -0.2) is 43.6 Å². The van der Waals surface area contributed by atoms with Crippen molar-refractivity contribution in [3.63, 3.8) is 0 Å². The summed E-state index contributed by atoms with van der Waals surface area (Å²) in [7, 11) is 1.38. The lowest BCUT2D eigenvalue weighted by Gasteiger charge is -2.19. The van der Waals surface area contributed by atoms with Gasteiger partial charge in [-0.25, -0.2) is 14.6 Å². The zero-order chi connectivity index (χ0) is 31.6. The average molecular weight is 591 g/mol. The number of ether oxygens (including phenoxy) is 2. The molecule has 0 saturated heterocycles. The monoisotopic (exact) mass is 590 g/mol. The Hall–Kier alpha value is -5.07. The van der Waals surface area contributed by atoms with Gasteiger partial charge in [-0.05, 0) is 52.9 Å². The molecule has 0 aliphatic rings. The summed E-state index contributed by atoms with van der Waals surface area (Å²) in [5.41, 5.74) is 9.20. The van der Waals surface area contributed by atoms with Crippen molar-refractivity contribution in [2.24, 2.45) is 10.7 Å². The van der Waals surface area contributed by atoms with E-state index in [1.807, 2.05) is 12.1 Å². The molecule has 0 unspecified atom stereocenters. The molecule has 0 radical (unpaired) electrons. The maximum Gasteiger partial charge on any atom is 0.438 e. The van der Waals surface area contributed by atoms with Crippen LogP contribution in [0.5, 0.6) is 0 Å². The van der Waals surface area contributed by atoms with Crippen LogP contribution in [0.4, 0.5) is 16.2 Å². The van der Waals surface area contributed by atoms with Gasteiger partial charge in [0.2, 0.25) is 6.79 Å². The first-order valence-electron chi connectivity index (χ1n) is 13.1. The van der Waals surface area contributed by atoms with Gasteiger partial charge in [-0.15, -0.1) is 0 Å². The SMILES string of the molecule is COOCc1ccc(NC(=O)c2cccc(/C(N)=N/C(=O)OCOC(C)=O)c2)c(NC(=O)c2ccc(C(C)(C)C)cc2)c1. The third-order valence-corrected chi connectivity index (χ3v) is 6.01. The number of nitrogens with one attached hydrogen (secondary N) is 2. The van der Waals surface area contributed by atoms with Gasteiger partial charge in [0.05, 0.1) is 18.5 Å². The fraction of sp³-hybridized carbons (Fsp3) is 0.258. The van der Waals surface area contributed by atoms with Crippen LogP contribution in [0.25, 0.3) is 0 Å². The molecule has 12 nitrogen and oxygen atoms in total. The van der Waals surface area contributed by atoms with E-state index >= 15 is 0 Å². The van der Waals surface area contributed by atoms with Crippen LogP contribution in [0.1, 0.15) is 65.1 Å². The molecule has 0 heterocycles.